The van der Waals surface area contributed by atoms with E-state index in [0.29, 0.717) is 13.0 Å². The summed E-state index contributed by atoms with van der Waals surface area (Å²) >= 11 is 1.56. The first-order chi connectivity index (χ1) is 12.3. The van der Waals surface area contributed by atoms with Crippen LogP contribution in [0.25, 0.3) is 0 Å². The molecule has 7 nitrogen and oxygen atoms in total. The van der Waals surface area contributed by atoms with Crippen LogP contribution in [0.3, 0.4) is 0 Å². The third-order valence-corrected chi connectivity index (χ3v) is 5.06. The van der Waals surface area contributed by atoms with Crippen LogP contribution in [0.1, 0.15) is 45.7 Å². The van der Waals surface area contributed by atoms with Gasteiger partial charge in [0.1, 0.15) is 0 Å². The predicted octanol–water partition coefficient (Wildman–Crippen LogP) is 2.08. The number of carbonyl (C=O) groups excluding carboxylic acids is 2. The van der Waals surface area contributed by atoms with Gasteiger partial charge in [-0.1, -0.05) is 0 Å². The number of methoxy groups -OCH3 is 1. The van der Waals surface area contributed by atoms with Crippen molar-refractivity contribution >= 4 is 23.3 Å². The molecule has 146 valence electrons. The molecule has 0 aliphatic heterocycles. The van der Waals surface area contributed by atoms with Gasteiger partial charge in [0.25, 0.3) is 0 Å². The van der Waals surface area contributed by atoms with Crippen molar-refractivity contribution in [2.24, 2.45) is 5.92 Å². The molecular weight excluding hydrogens is 352 g/mol. The summed E-state index contributed by atoms with van der Waals surface area (Å²) in [4.78, 5) is 28.9. The van der Waals surface area contributed by atoms with Gasteiger partial charge < -0.3 is 20.7 Å². The molecule has 1 aliphatic carbocycles. The summed E-state index contributed by atoms with van der Waals surface area (Å²) in [6, 6.07) is -0.403. The van der Waals surface area contributed by atoms with Gasteiger partial charge >= 0.3 is 6.03 Å². The highest BCUT2D eigenvalue weighted by molar-refractivity contribution is 7.07. The van der Waals surface area contributed by atoms with Crippen LogP contribution in [0.15, 0.2) is 10.9 Å². The molecule has 1 aromatic heterocycles. The number of aromatic nitrogens is 1. The van der Waals surface area contributed by atoms with Crippen molar-refractivity contribution in [2.45, 2.75) is 64.1 Å². The lowest BCUT2D eigenvalue weighted by molar-refractivity contribution is -0.127. The molecule has 3 atom stereocenters. The third kappa shape index (κ3) is 6.57. The zero-order chi connectivity index (χ0) is 19.2. The smallest absolute Gasteiger partial charge is 0.315 e. The summed E-state index contributed by atoms with van der Waals surface area (Å²) in [6.07, 6.45) is 2.76. The fourth-order valence-electron chi connectivity index (χ4n) is 3.18. The van der Waals surface area contributed by atoms with Crippen LogP contribution < -0.4 is 16.0 Å². The maximum Gasteiger partial charge on any atom is 0.315 e. The van der Waals surface area contributed by atoms with E-state index < -0.39 is 0 Å². The SMILES string of the molecule is CO[C@@H]1CC[C@H](C(=O)NCCc2cscn2)C[C@H]1NC(=O)NC(C)(C)C. The highest BCUT2D eigenvalue weighted by atomic mass is 32.1. The molecule has 0 spiro atoms. The molecule has 0 saturated heterocycles. The Morgan fingerprint density at radius 3 is 2.73 bits per heavy atom. The van der Waals surface area contributed by atoms with E-state index in [1.54, 1.807) is 24.0 Å². The van der Waals surface area contributed by atoms with Crippen LogP contribution >= 0.6 is 11.3 Å². The number of hydrogen-bond donors (Lipinski definition) is 3. The Labute approximate surface area is 159 Å². The van der Waals surface area contributed by atoms with Gasteiger partial charge in [-0.15, -0.1) is 11.3 Å². The lowest BCUT2D eigenvalue weighted by atomic mass is 9.83. The van der Waals surface area contributed by atoms with Crippen molar-refractivity contribution in [3.63, 3.8) is 0 Å². The first kappa shape index (κ1) is 20.6. The fourth-order valence-corrected chi connectivity index (χ4v) is 3.77. The molecule has 2 rings (SSSR count). The number of nitrogens with zero attached hydrogens (tertiary/aromatic N) is 1. The second kappa shape index (κ2) is 9.32. The number of nitrogens with one attached hydrogen (secondary N) is 3. The van der Waals surface area contributed by atoms with Gasteiger partial charge in [0.2, 0.25) is 5.91 Å². The van der Waals surface area contributed by atoms with Gasteiger partial charge in [-0.2, -0.15) is 0 Å². The second-order valence-electron chi connectivity index (χ2n) is 7.76. The standard InChI is InChI=1S/C18H30N4O3S/c1-18(2,3)22-17(24)21-14-9-12(5-6-15(14)25-4)16(23)19-8-7-13-10-26-11-20-13/h10-12,14-15H,5-9H2,1-4H3,(H,19,23)(H2,21,22,24)/t12-,14+,15+/m0/s1. The van der Waals surface area contributed by atoms with Crippen molar-refractivity contribution < 1.29 is 14.3 Å². The molecule has 1 saturated carbocycles. The quantitative estimate of drug-likeness (QED) is 0.702. The van der Waals surface area contributed by atoms with E-state index in [1.165, 1.54) is 0 Å². The van der Waals surface area contributed by atoms with Gasteiger partial charge in [-0.05, 0) is 40.0 Å². The Kier molecular flexibility index (Phi) is 7.40. The largest absolute Gasteiger partial charge is 0.379 e. The highest BCUT2D eigenvalue weighted by Gasteiger charge is 2.35. The molecule has 0 unspecified atom stereocenters. The molecule has 0 aromatic carbocycles. The average Bonchev–Trinajstić information content (AvgIpc) is 3.06. The highest BCUT2D eigenvalue weighted by Crippen LogP contribution is 2.26. The lowest BCUT2D eigenvalue weighted by Gasteiger charge is -2.35. The molecule has 1 heterocycles. The Hall–Kier alpha value is -1.67. The third-order valence-electron chi connectivity index (χ3n) is 4.43. The summed E-state index contributed by atoms with van der Waals surface area (Å²) in [5.41, 5.74) is 2.48. The molecular formula is C18H30N4O3S. The predicted molar refractivity (Wildman–Crippen MR) is 102 cm³/mol. The molecule has 3 N–H and O–H groups in total. The summed E-state index contributed by atoms with van der Waals surface area (Å²) in [7, 11) is 1.65. The Morgan fingerprint density at radius 2 is 2.12 bits per heavy atom. The number of urea groups is 1. The first-order valence-electron chi connectivity index (χ1n) is 9.04. The van der Waals surface area contributed by atoms with Crippen LogP contribution in [-0.2, 0) is 16.0 Å². The minimum absolute atomic E-state index is 0.0396. The van der Waals surface area contributed by atoms with Crippen molar-refractivity contribution in [3.05, 3.63) is 16.6 Å². The normalized spacial score (nSPS) is 23.3. The minimum Gasteiger partial charge on any atom is -0.379 e. The fraction of sp³-hybridized carbons (Fsp3) is 0.722. The zero-order valence-corrected chi connectivity index (χ0v) is 16.8. The van der Waals surface area contributed by atoms with Crippen LogP contribution in [0.5, 0.6) is 0 Å². The summed E-state index contributed by atoms with van der Waals surface area (Å²) in [6.45, 7) is 6.37. The van der Waals surface area contributed by atoms with E-state index in [9.17, 15) is 9.59 Å². The van der Waals surface area contributed by atoms with Gasteiger partial charge in [-0.3, -0.25) is 4.79 Å². The van der Waals surface area contributed by atoms with Gasteiger partial charge in [0, 0.05) is 36.9 Å². The maximum absolute atomic E-state index is 12.5. The number of ether oxygens (including phenoxy) is 1. The van der Waals surface area contributed by atoms with Crippen LogP contribution in [-0.4, -0.2) is 48.3 Å². The van der Waals surface area contributed by atoms with Crippen molar-refractivity contribution in [1.82, 2.24) is 20.9 Å². The molecule has 26 heavy (non-hydrogen) atoms. The number of rotatable bonds is 6. The van der Waals surface area contributed by atoms with E-state index in [2.05, 4.69) is 20.9 Å². The van der Waals surface area contributed by atoms with Crippen molar-refractivity contribution in [1.29, 1.82) is 0 Å². The van der Waals surface area contributed by atoms with Crippen LogP contribution in [0.2, 0.25) is 0 Å². The van der Waals surface area contributed by atoms with Crippen LogP contribution in [0, 0.1) is 5.92 Å². The number of hydrogen-bond acceptors (Lipinski definition) is 5. The molecule has 8 heteroatoms. The molecule has 1 aliphatic rings. The van der Waals surface area contributed by atoms with E-state index in [1.807, 2.05) is 26.2 Å². The molecule has 1 fully saturated rings. The summed E-state index contributed by atoms with van der Waals surface area (Å²) in [5.74, 6) is -0.0745. The monoisotopic (exact) mass is 382 g/mol. The van der Waals surface area contributed by atoms with Crippen molar-refractivity contribution in [2.75, 3.05) is 13.7 Å². The van der Waals surface area contributed by atoms with Gasteiger partial charge in [-0.25, -0.2) is 9.78 Å². The van der Waals surface area contributed by atoms with Crippen molar-refractivity contribution in [3.8, 4) is 0 Å². The summed E-state index contributed by atoms with van der Waals surface area (Å²) in [5, 5.41) is 10.9. The van der Waals surface area contributed by atoms with E-state index in [0.717, 1.165) is 25.0 Å². The number of thiazole rings is 1. The summed E-state index contributed by atoms with van der Waals surface area (Å²) < 4.78 is 5.51. The number of amides is 3. The average molecular weight is 383 g/mol. The second-order valence-corrected chi connectivity index (χ2v) is 8.48. The molecule has 1 aromatic rings. The van der Waals surface area contributed by atoms with Gasteiger partial charge in [0.15, 0.2) is 0 Å². The Bertz CT molecular complexity index is 586. The molecule has 3 amide bonds. The maximum atomic E-state index is 12.5. The van der Waals surface area contributed by atoms with Gasteiger partial charge in [0.05, 0.1) is 23.4 Å². The molecule has 0 bridgehead atoms. The van der Waals surface area contributed by atoms with E-state index >= 15 is 0 Å². The zero-order valence-electron chi connectivity index (χ0n) is 16.0. The lowest BCUT2D eigenvalue weighted by Crippen LogP contribution is -2.55. The Morgan fingerprint density at radius 1 is 1.35 bits per heavy atom. The molecule has 0 radical (unpaired) electrons. The first-order valence-corrected chi connectivity index (χ1v) is 9.99. The van der Waals surface area contributed by atoms with Crippen LogP contribution in [0.4, 0.5) is 4.79 Å². The van der Waals surface area contributed by atoms with E-state index in [-0.39, 0.29) is 35.5 Å². The number of carbonyl (C=O) groups is 2. The van der Waals surface area contributed by atoms with E-state index in [4.69, 9.17) is 4.74 Å². The topological polar surface area (TPSA) is 92.3 Å². The minimum atomic E-state index is -0.312. The Balaban J connectivity index is 1.84.